The molecule has 0 saturated heterocycles. The maximum atomic E-state index is 12.4. The van der Waals surface area contributed by atoms with Crippen molar-refractivity contribution in [3.63, 3.8) is 0 Å². The maximum absolute atomic E-state index is 12.4. The summed E-state index contributed by atoms with van der Waals surface area (Å²) in [5, 5.41) is 18.5. The van der Waals surface area contributed by atoms with Gasteiger partial charge in [-0.15, -0.1) is 0 Å². The van der Waals surface area contributed by atoms with Crippen LogP contribution in [0, 0.1) is 21.4 Å². The monoisotopic (exact) mass is 247 g/mol. The molecule has 0 N–H and O–H groups in total. The Hall–Kier alpha value is -1.81. The average Bonchev–Trinajstić information content (AvgIpc) is 2.17. The van der Waals surface area contributed by atoms with E-state index in [0.717, 1.165) is 6.07 Å². The molecule has 16 heavy (non-hydrogen) atoms. The number of aromatic nitrogens is 1. The molecule has 0 aliphatic rings. The lowest BCUT2D eigenvalue weighted by Crippen LogP contribution is -2.02. The van der Waals surface area contributed by atoms with E-state index in [2.05, 4.69) is 4.98 Å². The molecule has 1 rings (SSSR count). The Morgan fingerprint density at radius 3 is 2.75 bits per heavy atom. The first-order chi connectivity index (χ1) is 7.47. The lowest BCUT2D eigenvalue weighted by atomic mass is 10.2. The molecule has 1 aromatic heterocycles. The molecular formula is C8H4ClF2N3O2. The van der Waals surface area contributed by atoms with Gasteiger partial charge >= 0.3 is 12.2 Å². The lowest BCUT2D eigenvalue weighted by molar-refractivity contribution is -0.390. The van der Waals surface area contributed by atoms with Gasteiger partial charge in [-0.2, -0.15) is 5.26 Å². The van der Waals surface area contributed by atoms with Gasteiger partial charge in [-0.25, -0.2) is 8.78 Å². The Morgan fingerprint density at radius 1 is 1.69 bits per heavy atom. The maximum Gasteiger partial charge on any atom is 0.368 e. The minimum atomic E-state index is -3.00. The minimum Gasteiger partial charge on any atom is -0.358 e. The molecule has 0 fully saturated rings. The second-order valence-electron chi connectivity index (χ2n) is 2.73. The third-order valence-electron chi connectivity index (χ3n) is 1.71. The highest BCUT2D eigenvalue weighted by atomic mass is 35.5. The van der Waals surface area contributed by atoms with E-state index in [1.807, 2.05) is 0 Å². The molecular weight excluding hydrogens is 244 g/mol. The smallest absolute Gasteiger partial charge is 0.358 e. The highest BCUT2D eigenvalue weighted by Gasteiger charge is 2.26. The van der Waals surface area contributed by atoms with E-state index in [0.29, 0.717) is 0 Å². The third kappa shape index (κ3) is 2.41. The molecule has 0 atom stereocenters. The van der Waals surface area contributed by atoms with Gasteiger partial charge in [0.1, 0.15) is 0 Å². The molecule has 0 saturated carbocycles. The van der Waals surface area contributed by atoms with Gasteiger partial charge < -0.3 is 10.1 Å². The van der Waals surface area contributed by atoms with E-state index < -0.39 is 22.9 Å². The first-order valence-corrected chi connectivity index (χ1v) is 4.34. The Balaban J connectivity index is 3.38. The van der Waals surface area contributed by atoms with E-state index in [4.69, 9.17) is 16.9 Å². The van der Waals surface area contributed by atoms with Crippen molar-refractivity contribution in [3.05, 3.63) is 32.5 Å². The van der Waals surface area contributed by atoms with Crippen LogP contribution in [0.25, 0.3) is 0 Å². The number of alkyl halides is 2. The van der Waals surface area contributed by atoms with Crippen LogP contribution in [-0.2, 0) is 6.42 Å². The van der Waals surface area contributed by atoms with Crippen LogP contribution in [0.15, 0.2) is 6.07 Å². The van der Waals surface area contributed by atoms with Crippen molar-refractivity contribution >= 4 is 17.4 Å². The first-order valence-electron chi connectivity index (χ1n) is 3.96. The summed E-state index contributed by atoms with van der Waals surface area (Å²) in [5.74, 6) is -0.763. The summed E-state index contributed by atoms with van der Waals surface area (Å²) in [7, 11) is 0. The fourth-order valence-corrected chi connectivity index (χ4v) is 1.31. The average molecular weight is 248 g/mol. The lowest BCUT2D eigenvalue weighted by Gasteiger charge is -2.02. The first kappa shape index (κ1) is 12.3. The molecule has 0 bridgehead atoms. The molecule has 5 nitrogen and oxygen atoms in total. The van der Waals surface area contributed by atoms with Crippen LogP contribution in [-0.4, -0.2) is 9.91 Å². The number of rotatable bonds is 3. The Bertz CT molecular complexity index is 473. The van der Waals surface area contributed by atoms with Crippen LogP contribution in [0.5, 0.6) is 0 Å². The largest absolute Gasteiger partial charge is 0.368 e. The van der Waals surface area contributed by atoms with Crippen molar-refractivity contribution in [2.24, 2.45) is 0 Å². The molecule has 0 aliphatic heterocycles. The van der Waals surface area contributed by atoms with Gasteiger partial charge in [0, 0.05) is 0 Å². The number of pyridine rings is 1. The van der Waals surface area contributed by atoms with Gasteiger partial charge in [0.2, 0.25) is 5.69 Å². The molecule has 0 spiro atoms. The highest BCUT2D eigenvalue weighted by Crippen LogP contribution is 2.30. The molecule has 8 heteroatoms. The zero-order valence-corrected chi connectivity index (χ0v) is 8.41. The fraction of sp³-hybridized carbons (Fsp3) is 0.250. The number of hydrogen-bond acceptors (Lipinski definition) is 4. The van der Waals surface area contributed by atoms with Crippen molar-refractivity contribution < 1.29 is 13.7 Å². The quantitative estimate of drug-likeness (QED) is 0.607. The van der Waals surface area contributed by atoms with Gasteiger partial charge in [0.25, 0.3) is 0 Å². The van der Waals surface area contributed by atoms with Gasteiger partial charge in [0.05, 0.1) is 23.1 Å². The summed E-state index contributed by atoms with van der Waals surface area (Å²) >= 11 is 5.46. The normalized spacial score (nSPS) is 10.2. The summed E-state index contributed by atoms with van der Waals surface area (Å²) in [6.45, 7) is 0. The number of hydrogen-bond donors (Lipinski definition) is 0. The zero-order valence-electron chi connectivity index (χ0n) is 7.65. The van der Waals surface area contributed by atoms with E-state index >= 15 is 0 Å². The topological polar surface area (TPSA) is 79.8 Å². The number of nitriles is 1. The predicted molar refractivity (Wildman–Crippen MR) is 50.2 cm³/mol. The molecule has 0 aromatic carbocycles. The summed E-state index contributed by atoms with van der Waals surface area (Å²) in [4.78, 5) is 12.8. The minimum absolute atomic E-state index is 0.0816. The zero-order chi connectivity index (χ0) is 12.3. The molecule has 0 aliphatic carbocycles. The summed E-state index contributed by atoms with van der Waals surface area (Å²) in [5.41, 5.74) is -0.933. The van der Waals surface area contributed by atoms with Gasteiger partial charge in [-0.05, 0) is 16.0 Å². The van der Waals surface area contributed by atoms with Crippen molar-refractivity contribution in [2.75, 3.05) is 0 Å². The van der Waals surface area contributed by atoms with Crippen LogP contribution in [0.3, 0.4) is 0 Å². The molecule has 84 valence electrons. The summed E-state index contributed by atoms with van der Waals surface area (Å²) in [6, 6.07) is 2.63. The van der Waals surface area contributed by atoms with Gasteiger partial charge in [-0.1, -0.05) is 11.6 Å². The number of nitrogens with zero attached hydrogens (tertiary/aromatic N) is 3. The second kappa shape index (κ2) is 4.81. The molecule has 0 unspecified atom stereocenters. The molecule has 0 amide bonds. The summed E-state index contributed by atoms with van der Waals surface area (Å²) < 4.78 is 24.7. The van der Waals surface area contributed by atoms with Crippen molar-refractivity contribution in [2.45, 2.75) is 12.8 Å². The molecule has 1 heterocycles. The van der Waals surface area contributed by atoms with E-state index in [9.17, 15) is 18.9 Å². The van der Waals surface area contributed by atoms with Crippen molar-refractivity contribution in [1.82, 2.24) is 4.98 Å². The van der Waals surface area contributed by atoms with Crippen molar-refractivity contribution in [1.29, 1.82) is 5.26 Å². The molecule has 1 aromatic rings. The second-order valence-corrected chi connectivity index (χ2v) is 3.14. The SMILES string of the molecule is N#CCc1cc(Cl)c(C(F)F)nc1[N+](=O)[O-]. The standard InChI is InChI=1S/C8H4ClF2N3O2/c9-5-3-4(1-2-12)8(14(15)16)13-6(5)7(10)11/h3,7H,1H2. The number of halogens is 3. The Labute approximate surface area is 93.4 Å². The third-order valence-corrected chi connectivity index (χ3v) is 2.01. The Kier molecular flexibility index (Phi) is 3.68. The van der Waals surface area contributed by atoms with E-state index in [1.165, 1.54) is 0 Å². The van der Waals surface area contributed by atoms with Crippen molar-refractivity contribution in [3.8, 4) is 6.07 Å². The number of nitro groups is 1. The molecule has 0 radical (unpaired) electrons. The highest BCUT2D eigenvalue weighted by molar-refractivity contribution is 6.31. The van der Waals surface area contributed by atoms with Crippen LogP contribution < -0.4 is 0 Å². The van der Waals surface area contributed by atoms with Gasteiger partial charge in [0.15, 0.2) is 0 Å². The van der Waals surface area contributed by atoms with Crippen LogP contribution in [0.4, 0.5) is 14.6 Å². The Morgan fingerprint density at radius 2 is 2.31 bits per heavy atom. The van der Waals surface area contributed by atoms with Gasteiger partial charge in [-0.3, -0.25) is 0 Å². The fourth-order valence-electron chi connectivity index (χ4n) is 1.06. The van der Waals surface area contributed by atoms with Crippen LogP contribution >= 0.6 is 11.6 Å². The van der Waals surface area contributed by atoms with E-state index in [-0.39, 0.29) is 17.0 Å². The van der Waals surface area contributed by atoms with Crippen LogP contribution in [0.2, 0.25) is 5.02 Å². The summed E-state index contributed by atoms with van der Waals surface area (Å²) in [6.07, 6.45) is -3.31. The van der Waals surface area contributed by atoms with E-state index in [1.54, 1.807) is 6.07 Å². The predicted octanol–water partition coefficient (Wildman–Crippen LogP) is 2.65. The van der Waals surface area contributed by atoms with Crippen LogP contribution in [0.1, 0.15) is 17.7 Å².